The van der Waals surface area contributed by atoms with Crippen LogP contribution in [0.5, 0.6) is 0 Å². The number of aromatic nitrogens is 3. The number of carbonyl (C=O) groups excluding carboxylic acids is 1. The second-order valence-electron chi connectivity index (χ2n) is 7.90. The Kier molecular flexibility index (Phi) is 6.70. The van der Waals surface area contributed by atoms with Gasteiger partial charge in [-0.15, -0.1) is 0 Å². The van der Waals surface area contributed by atoms with Gasteiger partial charge < -0.3 is 10.3 Å². The van der Waals surface area contributed by atoms with Crippen molar-refractivity contribution in [1.82, 2.24) is 14.5 Å². The van der Waals surface area contributed by atoms with Crippen LogP contribution in [-0.2, 0) is 11.3 Å². The Morgan fingerprint density at radius 2 is 1.66 bits per heavy atom. The Labute approximate surface area is 211 Å². The number of anilines is 1. The van der Waals surface area contributed by atoms with E-state index < -0.39 is 0 Å². The summed E-state index contributed by atoms with van der Waals surface area (Å²) in [5.41, 5.74) is 4.10. The summed E-state index contributed by atoms with van der Waals surface area (Å²) in [6, 6.07) is 28.4. The second-order valence-corrected chi connectivity index (χ2v) is 9.25. The Morgan fingerprint density at radius 3 is 2.40 bits per heavy atom. The number of hydrogen-bond donors (Lipinski definition) is 2. The van der Waals surface area contributed by atoms with Crippen LogP contribution in [0.1, 0.15) is 5.56 Å². The predicted molar refractivity (Wildman–Crippen MR) is 142 cm³/mol. The Hall–Kier alpha value is -3.81. The topological polar surface area (TPSA) is 79.8 Å². The van der Waals surface area contributed by atoms with Crippen LogP contribution in [0.25, 0.3) is 22.3 Å². The first kappa shape index (κ1) is 23.0. The van der Waals surface area contributed by atoms with E-state index in [1.807, 2.05) is 66.7 Å². The highest BCUT2D eigenvalue weighted by atomic mass is 35.5. The first-order chi connectivity index (χ1) is 17.1. The average Bonchev–Trinajstić information content (AvgIpc) is 3.32. The molecule has 8 heteroatoms. The third kappa shape index (κ3) is 5.16. The van der Waals surface area contributed by atoms with Gasteiger partial charge in [0, 0.05) is 5.69 Å². The molecular formula is C27H21ClN4O2S. The minimum Gasteiger partial charge on any atom is -0.349 e. The number of fused-ring (bicyclic) bond motifs is 1. The number of thioether (sulfide) groups is 1. The molecule has 0 saturated carbocycles. The fraction of sp³-hybridized carbons (Fsp3) is 0.0741. The Morgan fingerprint density at radius 1 is 0.971 bits per heavy atom. The number of nitrogens with one attached hydrogen (secondary N) is 2. The van der Waals surface area contributed by atoms with E-state index in [0.717, 1.165) is 16.8 Å². The second kappa shape index (κ2) is 10.2. The van der Waals surface area contributed by atoms with Gasteiger partial charge in [-0.2, -0.15) is 0 Å². The number of halogens is 1. The molecule has 0 fully saturated rings. The van der Waals surface area contributed by atoms with Crippen LogP contribution in [0.2, 0.25) is 5.02 Å². The maximum atomic E-state index is 13.5. The minimum atomic E-state index is -0.234. The fourth-order valence-corrected chi connectivity index (χ4v) is 4.73. The number of para-hydroxylation sites is 1. The van der Waals surface area contributed by atoms with Gasteiger partial charge >= 0.3 is 0 Å². The normalized spacial score (nSPS) is 11.0. The molecule has 2 N–H and O–H groups in total. The molecule has 0 unspecified atom stereocenters. The highest BCUT2D eigenvalue weighted by Gasteiger charge is 2.17. The smallest absolute Gasteiger partial charge is 0.278 e. The van der Waals surface area contributed by atoms with Crippen LogP contribution in [0.4, 0.5) is 5.69 Å². The summed E-state index contributed by atoms with van der Waals surface area (Å²) in [4.78, 5) is 34.2. The van der Waals surface area contributed by atoms with Gasteiger partial charge in [-0.3, -0.25) is 14.2 Å². The summed E-state index contributed by atoms with van der Waals surface area (Å²) in [6.45, 7) is 0.344. The SMILES string of the molecule is O=C(CSc1nc2cc(-c3ccccc3)[nH]c2c(=O)n1Cc1ccccc1)Nc1ccccc1Cl. The summed E-state index contributed by atoms with van der Waals surface area (Å²) in [5, 5.41) is 3.75. The zero-order valence-corrected chi connectivity index (χ0v) is 20.1. The number of aromatic amines is 1. The summed E-state index contributed by atoms with van der Waals surface area (Å²) in [6.07, 6.45) is 0. The molecule has 0 aliphatic heterocycles. The zero-order valence-electron chi connectivity index (χ0n) is 18.6. The summed E-state index contributed by atoms with van der Waals surface area (Å²) in [5.74, 6) is -0.156. The highest BCUT2D eigenvalue weighted by molar-refractivity contribution is 7.99. The quantitative estimate of drug-likeness (QED) is 0.218. The summed E-state index contributed by atoms with van der Waals surface area (Å²) >= 11 is 7.37. The van der Waals surface area contributed by atoms with Crippen molar-refractivity contribution in [3.8, 4) is 11.3 Å². The maximum absolute atomic E-state index is 13.5. The standard InChI is InChI=1S/C27H21ClN4O2S/c28-20-13-7-8-14-21(20)29-24(33)17-35-27-31-23-15-22(19-11-5-2-6-12-19)30-25(23)26(34)32(27)16-18-9-3-1-4-10-18/h1-15,30H,16-17H2,(H,29,33). The van der Waals surface area contributed by atoms with Gasteiger partial charge in [-0.25, -0.2) is 4.98 Å². The molecule has 0 bridgehead atoms. The zero-order chi connectivity index (χ0) is 24.2. The van der Waals surface area contributed by atoms with E-state index in [-0.39, 0.29) is 17.2 Å². The summed E-state index contributed by atoms with van der Waals surface area (Å²) in [7, 11) is 0. The molecule has 174 valence electrons. The van der Waals surface area contributed by atoms with Gasteiger partial charge in [0.25, 0.3) is 5.56 Å². The number of amides is 1. The Balaban J connectivity index is 1.49. The van der Waals surface area contributed by atoms with Crippen molar-refractivity contribution in [1.29, 1.82) is 0 Å². The fourth-order valence-electron chi connectivity index (χ4n) is 3.75. The van der Waals surface area contributed by atoms with E-state index >= 15 is 0 Å². The molecule has 2 heterocycles. The summed E-state index contributed by atoms with van der Waals surface area (Å²) < 4.78 is 1.61. The first-order valence-electron chi connectivity index (χ1n) is 11.0. The molecule has 2 aromatic heterocycles. The van der Waals surface area contributed by atoms with Gasteiger partial charge in [0.15, 0.2) is 5.16 Å². The van der Waals surface area contributed by atoms with Crippen molar-refractivity contribution in [2.45, 2.75) is 11.7 Å². The third-order valence-electron chi connectivity index (χ3n) is 5.45. The lowest BCUT2D eigenvalue weighted by molar-refractivity contribution is -0.113. The van der Waals surface area contributed by atoms with Gasteiger partial charge in [0.1, 0.15) is 5.52 Å². The van der Waals surface area contributed by atoms with Gasteiger partial charge in [0.05, 0.1) is 28.5 Å². The number of rotatable bonds is 7. The van der Waals surface area contributed by atoms with E-state index in [0.29, 0.717) is 33.4 Å². The molecule has 0 saturated heterocycles. The molecule has 6 nitrogen and oxygen atoms in total. The van der Waals surface area contributed by atoms with E-state index in [2.05, 4.69) is 10.3 Å². The van der Waals surface area contributed by atoms with Crippen LogP contribution in [-0.4, -0.2) is 26.2 Å². The predicted octanol–water partition coefficient (Wildman–Crippen LogP) is 5.82. The van der Waals surface area contributed by atoms with Gasteiger partial charge in [-0.1, -0.05) is 96.2 Å². The third-order valence-corrected chi connectivity index (χ3v) is 6.76. The number of benzene rings is 3. The van der Waals surface area contributed by atoms with E-state index in [9.17, 15) is 9.59 Å². The molecule has 0 aliphatic rings. The molecule has 0 radical (unpaired) electrons. The average molecular weight is 501 g/mol. The number of H-pyrrole nitrogens is 1. The molecule has 5 rings (SSSR count). The van der Waals surface area contributed by atoms with Gasteiger partial charge in [0.2, 0.25) is 5.91 Å². The van der Waals surface area contributed by atoms with E-state index in [1.165, 1.54) is 11.8 Å². The monoisotopic (exact) mass is 500 g/mol. The molecular weight excluding hydrogens is 480 g/mol. The van der Waals surface area contributed by atoms with E-state index in [1.54, 1.807) is 28.8 Å². The van der Waals surface area contributed by atoms with Crippen LogP contribution in [0, 0.1) is 0 Å². The minimum absolute atomic E-state index is 0.0773. The van der Waals surface area contributed by atoms with Crippen LogP contribution >= 0.6 is 23.4 Å². The van der Waals surface area contributed by atoms with Crippen molar-refractivity contribution < 1.29 is 4.79 Å². The lowest BCUT2D eigenvalue weighted by Crippen LogP contribution is -2.25. The number of carbonyl (C=O) groups is 1. The van der Waals surface area contributed by atoms with E-state index in [4.69, 9.17) is 16.6 Å². The van der Waals surface area contributed by atoms with Crippen LogP contribution in [0.15, 0.2) is 101 Å². The number of nitrogens with zero attached hydrogens (tertiary/aromatic N) is 2. The largest absolute Gasteiger partial charge is 0.349 e. The molecule has 1 amide bonds. The lowest BCUT2D eigenvalue weighted by Gasteiger charge is -2.12. The highest BCUT2D eigenvalue weighted by Crippen LogP contribution is 2.25. The van der Waals surface area contributed by atoms with Crippen molar-refractivity contribution in [3.63, 3.8) is 0 Å². The lowest BCUT2D eigenvalue weighted by atomic mass is 10.2. The van der Waals surface area contributed by atoms with Crippen molar-refractivity contribution in [2.75, 3.05) is 11.1 Å². The molecule has 0 aliphatic carbocycles. The maximum Gasteiger partial charge on any atom is 0.278 e. The Bertz CT molecular complexity index is 1550. The van der Waals surface area contributed by atoms with Crippen LogP contribution < -0.4 is 10.9 Å². The first-order valence-corrected chi connectivity index (χ1v) is 12.3. The molecule has 35 heavy (non-hydrogen) atoms. The number of hydrogen-bond acceptors (Lipinski definition) is 4. The molecule has 0 atom stereocenters. The molecule has 0 spiro atoms. The van der Waals surface area contributed by atoms with Crippen molar-refractivity contribution in [2.24, 2.45) is 0 Å². The molecule has 5 aromatic rings. The van der Waals surface area contributed by atoms with Gasteiger partial charge in [-0.05, 0) is 29.3 Å². The van der Waals surface area contributed by atoms with Crippen LogP contribution in [0.3, 0.4) is 0 Å². The van der Waals surface area contributed by atoms with Crippen molar-refractivity contribution in [3.05, 3.63) is 112 Å². The molecule has 3 aromatic carbocycles. The van der Waals surface area contributed by atoms with Crippen molar-refractivity contribution >= 4 is 46.0 Å².